The summed E-state index contributed by atoms with van der Waals surface area (Å²) in [6.45, 7) is -0.270. The molecule has 1 unspecified atom stereocenters. The molecule has 8 N–H and O–H groups in total. The van der Waals surface area contributed by atoms with Crippen LogP contribution in [0.25, 0.3) is 0 Å². The van der Waals surface area contributed by atoms with Gasteiger partial charge in [-0.1, -0.05) is 0 Å². The van der Waals surface area contributed by atoms with Crippen molar-refractivity contribution < 1.29 is 74.3 Å². The highest BCUT2D eigenvalue weighted by molar-refractivity contribution is 5.92. The molecule has 172 valence electrons. The Morgan fingerprint density at radius 2 is 1.30 bits per heavy atom. The maximum atomic E-state index is 12.4. The second kappa shape index (κ2) is 11.4. The fourth-order valence-electron chi connectivity index (χ4n) is 2.06. The number of aliphatic hydroxyl groups is 5. The van der Waals surface area contributed by atoms with Crippen molar-refractivity contribution >= 4 is 29.8 Å². The molecule has 0 fully saturated rings. The summed E-state index contributed by atoms with van der Waals surface area (Å²) in [7, 11) is 0. The highest BCUT2D eigenvalue weighted by atomic mass is 16.6. The summed E-state index contributed by atoms with van der Waals surface area (Å²) in [4.78, 5) is 57.4. The van der Waals surface area contributed by atoms with Crippen molar-refractivity contribution in [3.63, 3.8) is 0 Å². The van der Waals surface area contributed by atoms with Gasteiger partial charge in [0.25, 0.3) is 0 Å². The Morgan fingerprint density at radius 3 is 1.63 bits per heavy atom. The predicted molar refractivity (Wildman–Crippen MR) is 87.6 cm³/mol. The fraction of sp³-hybridized carbons (Fsp3) is 0.667. The van der Waals surface area contributed by atoms with Crippen LogP contribution in [0.4, 0.5) is 0 Å². The standard InChI is InChI=1S/C15H22O15/c1-5(17)12(25)29-11(10(24)9(23)6(18)4-16)13(26)30-15(14(27)28,2-7(19)20)3-8(21)22/h5-6,9-11,16-18,23-24H,2-4H2,1H3,(H,19,20)(H,21,22)(H,27,28)/t5?,6-,9-,10+,11-/m1/s1. The molecule has 0 aromatic heterocycles. The van der Waals surface area contributed by atoms with Gasteiger partial charge in [0.1, 0.15) is 24.4 Å². The maximum absolute atomic E-state index is 12.4. The molecule has 5 atom stereocenters. The zero-order chi connectivity index (χ0) is 23.8. The van der Waals surface area contributed by atoms with Crippen molar-refractivity contribution in [2.45, 2.75) is 55.9 Å². The Morgan fingerprint density at radius 1 is 0.833 bits per heavy atom. The summed E-state index contributed by atoms with van der Waals surface area (Å²) < 4.78 is 8.91. The van der Waals surface area contributed by atoms with Crippen LogP contribution in [0.2, 0.25) is 0 Å². The molecule has 15 nitrogen and oxygen atoms in total. The summed E-state index contributed by atoms with van der Waals surface area (Å²) in [5.41, 5.74) is -3.20. The van der Waals surface area contributed by atoms with Crippen molar-refractivity contribution in [1.82, 2.24) is 0 Å². The summed E-state index contributed by atoms with van der Waals surface area (Å²) in [5.74, 6) is -9.57. The number of esters is 2. The largest absolute Gasteiger partial charge is 0.481 e. The van der Waals surface area contributed by atoms with Crippen LogP contribution in [-0.4, -0.2) is 113 Å². The molecule has 0 radical (unpaired) electrons. The zero-order valence-electron chi connectivity index (χ0n) is 15.4. The molecular weight excluding hydrogens is 420 g/mol. The predicted octanol–water partition coefficient (Wildman–Crippen LogP) is -4.33. The number of ether oxygens (including phenoxy) is 2. The van der Waals surface area contributed by atoms with Crippen LogP contribution in [0.15, 0.2) is 0 Å². The van der Waals surface area contributed by atoms with Crippen LogP contribution >= 0.6 is 0 Å². The van der Waals surface area contributed by atoms with E-state index >= 15 is 0 Å². The maximum Gasteiger partial charge on any atom is 0.351 e. The van der Waals surface area contributed by atoms with Gasteiger partial charge in [-0.05, 0) is 6.92 Å². The topological polar surface area (TPSA) is 266 Å². The smallest absolute Gasteiger partial charge is 0.351 e. The van der Waals surface area contributed by atoms with Gasteiger partial charge in [-0.2, -0.15) is 0 Å². The van der Waals surface area contributed by atoms with Crippen molar-refractivity contribution in [2.75, 3.05) is 6.61 Å². The monoisotopic (exact) mass is 442 g/mol. The number of aliphatic hydroxyl groups excluding tert-OH is 5. The Balaban J connectivity index is 6.08. The van der Waals surface area contributed by atoms with E-state index in [0.717, 1.165) is 6.92 Å². The number of rotatable bonds is 13. The van der Waals surface area contributed by atoms with Crippen LogP contribution in [0.1, 0.15) is 19.8 Å². The van der Waals surface area contributed by atoms with E-state index in [-0.39, 0.29) is 0 Å². The minimum atomic E-state index is -3.20. The van der Waals surface area contributed by atoms with Gasteiger partial charge >= 0.3 is 29.8 Å². The van der Waals surface area contributed by atoms with E-state index in [4.69, 9.17) is 15.3 Å². The third-order valence-corrected chi connectivity index (χ3v) is 3.62. The van der Waals surface area contributed by atoms with Crippen LogP contribution in [0.5, 0.6) is 0 Å². The molecule has 0 aliphatic carbocycles. The number of carbonyl (C=O) groups is 5. The van der Waals surface area contributed by atoms with Gasteiger partial charge in [-0.3, -0.25) is 9.59 Å². The molecule has 0 saturated heterocycles. The normalized spacial score (nSPS) is 16.5. The highest BCUT2D eigenvalue weighted by Gasteiger charge is 2.50. The van der Waals surface area contributed by atoms with Crippen molar-refractivity contribution in [2.24, 2.45) is 0 Å². The Hall–Kier alpha value is -2.85. The van der Waals surface area contributed by atoms with Gasteiger partial charge in [0.05, 0.1) is 19.4 Å². The van der Waals surface area contributed by atoms with E-state index in [0.29, 0.717) is 0 Å². The average Bonchev–Trinajstić information content (AvgIpc) is 2.62. The van der Waals surface area contributed by atoms with E-state index in [1.807, 2.05) is 0 Å². The van der Waals surface area contributed by atoms with Crippen molar-refractivity contribution in [3.05, 3.63) is 0 Å². The van der Waals surface area contributed by atoms with Crippen molar-refractivity contribution in [1.29, 1.82) is 0 Å². The Labute approximate surface area is 167 Å². The lowest BCUT2D eigenvalue weighted by Crippen LogP contribution is -2.55. The van der Waals surface area contributed by atoms with Gasteiger partial charge in [-0.25, -0.2) is 14.4 Å². The first-order valence-corrected chi connectivity index (χ1v) is 8.12. The first-order chi connectivity index (χ1) is 13.7. The average molecular weight is 442 g/mol. The van der Waals surface area contributed by atoms with E-state index in [2.05, 4.69) is 9.47 Å². The van der Waals surface area contributed by atoms with E-state index in [9.17, 15) is 49.5 Å². The molecular formula is C15H22O15. The van der Waals surface area contributed by atoms with Crippen LogP contribution in [0, 0.1) is 0 Å². The first kappa shape index (κ1) is 27.1. The van der Waals surface area contributed by atoms with Crippen molar-refractivity contribution in [3.8, 4) is 0 Å². The number of carbonyl (C=O) groups excluding carboxylic acids is 2. The van der Waals surface area contributed by atoms with Crippen LogP contribution in [0.3, 0.4) is 0 Å². The SMILES string of the molecule is CC(O)C(=O)O[C@@H](C(=O)OC(CC(=O)O)(CC(=O)O)C(=O)O)[C@@H](O)[C@H](O)[C@H](O)CO. The number of carboxylic acids is 3. The fourth-order valence-corrected chi connectivity index (χ4v) is 2.06. The molecule has 0 aromatic rings. The molecule has 15 heteroatoms. The number of hydrogen-bond donors (Lipinski definition) is 8. The molecule has 0 aromatic carbocycles. The molecule has 0 aliphatic rings. The van der Waals surface area contributed by atoms with E-state index in [1.165, 1.54) is 0 Å². The van der Waals surface area contributed by atoms with Gasteiger partial charge in [0.2, 0.25) is 11.7 Å². The highest BCUT2D eigenvalue weighted by Crippen LogP contribution is 2.25. The number of hydrogen-bond acceptors (Lipinski definition) is 12. The minimum absolute atomic E-state index is 0.868. The molecule has 0 bridgehead atoms. The van der Waals surface area contributed by atoms with Gasteiger partial charge < -0.3 is 50.3 Å². The number of carboxylic acid groups (broad SMARTS) is 3. The lowest BCUT2D eigenvalue weighted by Gasteiger charge is -2.31. The zero-order valence-corrected chi connectivity index (χ0v) is 15.4. The minimum Gasteiger partial charge on any atom is -0.481 e. The molecule has 0 rings (SSSR count). The second-order valence-corrected chi connectivity index (χ2v) is 6.13. The molecule has 0 saturated carbocycles. The lowest BCUT2D eigenvalue weighted by atomic mass is 9.94. The van der Waals surface area contributed by atoms with E-state index < -0.39 is 85.4 Å². The third-order valence-electron chi connectivity index (χ3n) is 3.62. The molecule has 0 spiro atoms. The lowest BCUT2D eigenvalue weighted by molar-refractivity contribution is -0.206. The molecule has 0 aliphatic heterocycles. The second-order valence-electron chi connectivity index (χ2n) is 6.13. The Bertz CT molecular complexity index is 640. The van der Waals surface area contributed by atoms with Crippen LogP contribution in [-0.2, 0) is 33.4 Å². The molecule has 0 amide bonds. The number of aliphatic carboxylic acids is 3. The first-order valence-electron chi connectivity index (χ1n) is 8.12. The van der Waals surface area contributed by atoms with Gasteiger partial charge in [-0.15, -0.1) is 0 Å². The van der Waals surface area contributed by atoms with Gasteiger partial charge in [0, 0.05) is 0 Å². The Kier molecular flexibility index (Phi) is 10.3. The summed E-state index contributed by atoms with van der Waals surface area (Å²) in [6.07, 6.45) is -14.6. The van der Waals surface area contributed by atoms with Gasteiger partial charge in [0.15, 0.2) is 0 Å². The summed E-state index contributed by atoms with van der Waals surface area (Å²) in [5, 5.41) is 74.1. The summed E-state index contributed by atoms with van der Waals surface area (Å²) >= 11 is 0. The molecule has 0 heterocycles. The summed E-state index contributed by atoms with van der Waals surface area (Å²) in [6, 6.07) is 0. The molecule has 30 heavy (non-hydrogen) atoms. The van der Waals surface area contributed by atoms with Crippen LogP contribution < -0.4 is 0 Å². The third kappa shape index (κ3) is 7.53. The quantitative estimate of drug-likeness (QED) is 0.125. The van der Waals surface area contributed by atoms with E-state index in [1.54, 1.807) is 0 Å².